The quantitative estimate of drug-likeness (QED) is 0.273. The predicted octanol–water partition coefficient (Wildman–Crippen LogP) is 6.60. The second-order valence-electron chi connectivity index (χ2n) is 8.65. The van der Waals surface area contributed by atoms with Gasteiger partial charge in [-0.25, -0.2) is 14.8 Å². The highest BCUT2D eigenvalue weighted by Gasteiger charge is 2.62. The van der Waals surface area contributed by atoms with Crippen molar-refractivity contribution in [3.05, 3.63) is 72.2 Å². The number of carbonyl (C=O) groups excluding carboxylic acids is 1. The Morgan fingerprint density at radius 2 is 1.79 bits per heavy atom. The molecule has 2 aromatic heterocycles. The molecule has 0 saturated carbocycles. The van der Waals surface area contributed by atoms with Crippen LogP contribution in [0.1, 0.15) is 17.8 Å². The number of imidazole rings is 1. The third-order valence-corrected chi connectivity index (χ3v) is 6.20. The summed E-state index contributed by atoms with van der Waals surface area (Å²) in [5, 5.41) is 4.99. The van der Waals surface area contributed by atoms with Crippen molar-refractivity contribution in [1.82, 2.24) is 14.5 Å². The Morgan fingerprint density at radius 3 is 2.46 bits per heavy atom. The molecule has 8 nitrogen and oxygen atoms in total. The van der Waals surface area contributed by atoms with Gasteiger partial charge >= 0.3 is 18.4 Å². The zero-order valence-electron chi connectivity index (χ0n) is 20.0. The van der Waals surface area contributed by atoms with E-state index < -0.39 is 29.8 Å². The lowest BCUT2D eigenvalue weighted by Crippen LogP contribution is -2.52. The van der Waals surface area contributed by atoms with Gasteiger partial charge in [0.15, 0.2) is 5.60 Å². The lowest BCUT2D eigenvalue weighted by molar-refractivity contribution is -0.333. The highest BCUT2D eigenvalue weighted by atomic mass is 19.4. The molecule has 2 aromatic carbocycles. The number of alkyl halides is 6. The van der Waals surface area contributed by atoms with Gasteiger partial charge in [-0.05, 0) is 36.4 Å². The van der Waals surface area contributed by atoms with Crippen LogP contribution in [0.2, 0.25) is 0 Å². The fourth-order valence-electron chi connectivity index (χ4n) is 4.26. The van der Waals surface area contributed by atoms with Crippen LogP contribution in [-0.4, -0.2) is 33.3 Å². The number of amides is 2. The summed E-state index contributed by atoms with van der Waals surface area (Å²) in [6.07, 6.45) is -8.29. The molecule has 1 atom stereocenters. The highest BCUT2D eigenvalue weighted by molar-refractivity contribution is 6.01. The minimum Gasteiger partial charge on any atom is -0.437 e. The monoisotopic (exact) mass is 551 g/mol. The minimum absolute atomic E-state index is 0.0290. The number of aryl methyl sites for hydroxylation is 1. The Hall–Kier alpha value is -4.33. The molecule has 5 rings (SSSR count). The molecular formula is C25H19F6N5O3. The molecule has 1 saturated heterocycles. The maximum absolute atomic E-state index is 13.9. The molecule has 2 N–H and O–H groups in total. The number of para-hydroxylation sites is 1. The van der Waals surface area contributed by atoms with Crippen LogP contribution in [0, 0.1) is 0 Å². The average Bonchev–Trinajstić information content (AvgIpc) is 3.16. The number of ether oxygens (including phenoxy) is 2. The molecule has 0 aliphatic carbocycles. The van der Waals surface area contributed by atoms with Crippen molar-refractivity contribution >= 4 is 28.4 Å². The number of halogens is 6. The van der Waals surface area contributed by atoms with E-state index in [1.54, 1.807) is 0 Å². The smallest absolute Gasteiger partial charge is 0.437 e. The normalized spacial score (nSPS) is 17.5. The number of rotatable bonds is 5. The van der Waals surface area contributed by atoms with E-state index in [-0.39, 0.29) is 52.6 Å². The topological polar surface area (TPSA) is 90.3 Å². The first kappa shape index (κ1) is 26.3. The summed E-state index contributed by atoms with van der Waals surface area (Å²) in [7, 11) is 1.21. The van der Waals surface area contributed by atoms with Gasteiger partial charge < -0.3 is 24.7 Å². The van der Waals surface area contributed by atoms with Crippen molar-refractivity contribution in [1.29, 1.82) is 0 Å². The second-order valence-corrected chi connectivity index (χ2v) is 8.65. The van der Waals surface area contributed by atoms with Crippen molar-refractivity contribution < 1.29 is 40.6 Å². The molecule has 0 radical (unpaired) electrons. The number of aromatic nitrogens is 3. The number of pyridine rings is 1. The Kier molecular flexibility index (Phi) is 6.37. The third-order valence-electron chi connectivity index (χ3n) is 6.20. The van der Waals surface area contributed by atoms with Gasteiger partial charge in [0.05, 0.1) is 17.6 Å². The van der Waals surface area contributed by atoms with Crippen LogP contribution in [0.5, 0.6) is 11.6 Å². The van der Waals surface area contributed by atoms with Crippen molar-refractivity contribution in [3.63, 3.8) is 0 Å². The van der Waals surface area contributed by atoms with Crippen LogP contribution in [-0.2, 0) is 23.6 Å². The van der Waals surface area contributed by atoms with Crippen LogP contribution in [0.4, 0.5) is 42.5 Å². The first-order valence-corrected chi connectivity index (χ1v) is 11.4. The van der Waals surface area contributed by atoms with E-state index in [4.69, 9.17) is 9.47 Å². The molecule has 2 amide bonds. The van der Waals surface area contributed by atoms with Crippen molar-refractivity contribution in [2.75, 3.05) is 17.2 Å². The Morgan fingerprint density at radius 1 is 1.05 bits per heavy atom. The van der Waals surface area contributed by atoms with Crippen molar-refractivity contribution in [2.24, 2.45) is 7.05 Å². The van der Waals surface area contributed by atoms with Crippen LogP contribution < -0.4 is 15.4 Å². The molecule has 1 fully saturated rings. The van der Waals surface area contributed by atoms with Crippen LogP contribution in [0.25, 0.3) is 11.0 Å². The Labute approximate surface area is 216 Å². The van der Waals surface area contributed by atoms with Gasteiger partial charge in [0.2, 0.25) is 11.7 Å². The number of hydrogen-bond acceptors (Lipinski definition) is 5. The summed E-state index contributed by atoms with van der Waals surface area (Å²) in [5.41, 5.74) is -2.32. The van der Waals surface area contributed by atoms with Crippen molar-refractivity contribution in [2.45, 2.75) is 24.4 Å². The lowest BCUT2D eigenvalue weighted by Gasteiger charge is -2.43. The first-order valence-electron chi connectivity index (χ1n) is 11.4. The molecule has 1 aliphatic heterocycles. The Bertz CT molecular complexity index is 1550. The molecule has 3 heterocycles. The summed E-state index contributed by atoms with van der Waals surface area (Å²) in [4.78, 5) is 20.3. The molecule has 39 heavy (non-hydrogen) atoms. The van der Waals surface area contributed by atoms with Gasteiger partial charge in [0.1, 0.15) is 11.4 Å². The second kappa shape index (κ2) is 9.45. The zero-order valence-corrected chi connectivity index (χ0v) is 20.0. The zero-order chi connectivity index (χ0) is 28.0. The van der Waals surface area contributed by atoms with Gasteiger partial charge in [-0.3, -0.25) is 0 Å². The molecule has 204 valence electrons. The molecule has 4 aromatic rings. The number of anilines is 2. The van der Waals surface area contributed by atoms with Gasteiger partial charge in [-0.15, -0.1) is 0 Å². The molecule has 14 heteroatoms. The van der Waals surface area contributed by atoms with Crippen LogP contribution in [0.15, 0.2) is 60.8 Å². The number of carbonyl (C=O) groups is 1. The number of nitrogens with zero attached hydrogens (tertiary/aromatic N) is 3. The highest BCUT2D eigenvalue weighted by Crippen LogP contribution is 2.53. The van der Waals surface area contributed by atoms with Crippen LogP contribution in [0.3, 0.4) is 0 Å². The van der Waals surface area contributed by atoms with Gasteiger partial charge in [0.25, 0.3) is 0 Å². The fraction of sp³-hybridized carbons (Fsp3) is 0.240. The summed E-state index contributed by atoms with van der Waals surface area (Å²) < 4.78 is 92.7. The molecule has 0 spiro atoms. The van der Waals surface area contributed by atoms with E-state index in [2.05, 4.69) is 20.6 Å². The van der Waals surface area contributed by atoms with Gasteiger partial charge in [-0.1, -0.05) is 18.2 Å². The van der Waals surface area contributed by atoms with E-state index in [1.165, 1.54) is 67.8 Å². The number of fused-ring (bicyclic) bond motifs is 1. The average molecular weight is 551 g/mol. The Balaban J connectivity index is 1.37. The van der Waals surface area contributed by atoms with Crippen molar-refractivity contribution in [3.8, 4) is 11.6 Å². The van der Waals surface area contributed by atoms with E-state index in [0.717, 1.165) is 4.57 Å². The summed E-state index contributed by atoms with van der Waals surface area (Å²) in [6, 6.07) is 11.6. The molecule has 0 bridgehead atoms. The SMILES string of the molecule is Cn1c(C(F)(F)F)nc2ccc(NC(=O)Nc3cccnc3Oc3ccccc3C3(C(F)(F)F)CCO3)cc21. The maximum Gasteiger partial charge on any atom is 0.449 e. The summed E-state index contributed by atoms with van der Waals surface area (Å²) >= 11 is 0. The molecule has 1 aliphatic rings. The number of nitrogens with one attached hydrogen (secondary N) is 2. The standard InChI is InChI=1S/C25H19F6N5O3/c1-36-18-13-14(8-9-16(18)34-21(36)24(26,27)28)33-22(37)35-17-6-4-11-32-20(17)39-19-7-3-2-5-15(19)23(10-12-38-23)25(29,30)31/h2-9,11,13H,10,12H2,1H3,(H2,33,35,37). The van der Waals surface area contributed by atoms with E-state index >= 15 is 0 Å². The van der Waals surface area contributed by atoms with Crippen LogP contribution >= 0.6 is 0 Å². The number of benzene rings is 2. The molecular weight excluding hydrogens is 532 g/mol. The lowest BCUT2D eigenvalue weighted by atomic mass is 9.85. The third kappa shape index (κ3) is 4.82. The summed E-state index contributed by atoms with van der Waals surface area (Å²) in [6.45, 7) is -0.0630. The first-order chi connectivity index (χ1) is 18.4. The minimum atomic E-state index is -4.69. The van der Waals surface area contributed by atoms with Gasteiger partial charge in [-0.2, -0.15) is 26.3 Å². The predicted molar refractivity (Wildman–Crippen MR) is 127 cm³/mol. The molecule has 1 unspecified atom stereocenters. The van der Waals surface area contributed by atoms with E-state index in [1.807, 2.05) is 0 Å². The van der Waals surface area contributed by atoms with E-state index in [0.29, 0.717) is 0 Å². The number of urea groups is 1. The fourth-order valence-corrected chi connectivity index (χ4v) is 4.26. The largest absolute Gasteiger partial charge is 0.449 e. The van der Waals surface area contributed by atoms with E-state index in [9.17, 15) is 31.1 Å². The van der Waals surface area contributed by atoms with Gasteiger partial charge in [0, 0.05) is 30.9 Å². The maximum atomic E-state index is 13.9. The number of hydrogen-bond donors (Lipinski definition) is 2. The summed E-state index contributed by atoms with van der Waals surface area (Å²) in [5.74, 6) is -1.43.